The predicted octanol–water partition coefficient (Wildman–Crippen LogP) is 1.97. The summed E-state index contributed by atoms with van der Waals surface area (Å²) in [5.74, 6) is 0.948. The second-order valence-corrected chi connectivity index (χ2v) is 7.96. The molecule has 0 bridgehead atoms. The lowest BCUT2D eigenvalue weighted by Gasteiger charge is -2.30. The van der Waals surface area contributed by atoms with Crippen molar-refractivity contribution in [3.63, 3.8) is 0 Å². The molecule has 1 saturated heterocycles. The molecule has 0 saturated carbocycles. The number of amides is 2. The summed E-state index contributed by atoms with van der Waals surface area (Å²) in [4.78, 5) is 27.3. The summed E-state index contributed by atoms with van der Waals surface area (Å²) in [5, 5.41) is 16.9. The Morgan fingerprint density at radius 2 is 1.79 bits per heavy atom. The van der Waals surface area contributed by atoms with Crippen LogP contribution in [0.2, 0.25) is 0 Å². The molecular weight excluding hydrogens is 438 g/mol. The number of tetrazole rings is 1. The number of nitrogens with one attached hydrogen (secondary N) is 2. The Bertz CT molecular complexity index is 1110. The maximum atomic E-state index is 12.7. The van der Waals surface area contributed by atoms with Crippen LogP contribution in [-0.2, 0) is 9.59 Å². The molecule has 0 aliphatic carbocycles. The number of carbonyl (C=O) groups excluding carboxylic acids is 2. The van der Waals surface area contributed by atoms with Crippen LogP contribution in [0.15, 0.2) is 48.8 Å². The number of methoxy groups -OCH3 is 2. The molecule has 11 nitrogen and oxygen atoms in total. The van der Waals surface area contributed by atoms with Gasteiger partial charge >= 0.3 is 0 Å². The van der Waals surface area contributed by atoms with Crippen molar-refractivity contribution in [2.24, 2.45) is 5.92 Å². The van der Waals surface area contributed by atoms with E-state index in [2.05, 4.69) is 31.1 Å². The number of piperidine rings is 1. The number of benzene rings is 2. The Labute approximate surface area is 197 Å². The van der Waals surface area contributed by atoms with E-state index in [1.807, 2.05) is 24.3 Å². The first-order chi connectivity index (χ1) is 16.6. The number of likely N-dealkylation sites (tertiary alicyclic amines) is 1. The second kappa shape index (κ2) is 10.8. The Hall–Kier alpha value is -3.99. The van der Waals surface area contributed by atoms with Crippen LogP contribution in [0.1, 0.15) is 12.8 Å². The van der Waals surface area contributed by atoms with E-state index in [0.717, 1.165) is 11.4 Å². The Morgan fingerprint density at radius 1 is 1.03 bits per heavy atom. The van der Waals surface area contributed by atoms with Crippen molar-refractivity contribution in [2.75, 3.05) is 44.5 Å². The smallest absolute Gasteiger partial charge is 0.238 e. The van der Waals surface area contributed by atoms with Gasteiger partial charge in [0.25, 0.3) is 0 Å². The van der Waals surface area contributed by atoms with Crippen molar-refractivity contribution in [1.29, 1.82) is 0 Å². The average Bonchev–Trinajstić information content (AvgIpc) is 3.40. The maximum Gasteiger partial charge on any atom is 0.238 e. The maximum absolute atomic E-state index is 12.7. The molecule has 2 N–H and O–H groups in total. The van der Waals surface area contributed by atoms with Gasteiger partial charge in [0.1, 0.15) is 17.8 Å². The lowest BCUT2D eigenvalue weighted by Crippen LogP contribution is -2.41. The number of rotatable bonds is 8. The molecule has 0 unspecified atom stereocenters. The highest BCUT2D eigenvalue weighted by atomic mass is 16.5. The summed E-state index contributed by atoms with van der Waals surface area (Å²) in [6.45, 7) is 1.59. The average molecular weight is 466 g/mol. The Balaban J connectivity index is 1.24. The molecule has 178 valence electrons. The molecule has 3 aromatic rings. The van der Waals surface area contributed by atoms with Gasteiger partial charge in [-0.1, -0.05) is 0 Å². The third kappa shape index (κ3) is 5.67. The summed E-state index contributed by atoms with van der Waals surface area (Å²) in [6.07, 6.45) is 2.89. The highest BCUT2D eigenvalue weighted by molar-refractivity contribution is 5.94. The molecule has 1 aliphatic rings. The highest BCUT2D eigenvalue weighted by Crippen LogP contribution is 2.29. The van der Waals surface area contributed by atoms with Gasteiger partial charge in [0.2, 0.25) is 11.8 Å². The van der Waals surface area contributed by atoms with Crippen LogP contribution in [0, 0.1) is 5.92 Å². The van der Waals surface area contributed by atoms with E-state index in [1.54, 1.807) is 37.1 Å². The normalized spacial score (nSPS) is 14.4. The first-order valence-corrected chi connectivity index (χ1v) is 10.9. The zero-order valence-corrected chi connectivity index (χ0v) is 19.1. The molecule has 0 spiro atoms. The molecule has 34 heavy (non-hydrogen) atoms. The van der Waals surface area contributed by atoms with Crippen molar-refractivity contribution in [3.05, 3.63) is 48.8 Å². The Kier molecular flexibility index (Phi) is 7.33. The molecule has 0 atom stereocenters. The monoisotopic (exact) mass is 465 g/mol. The number of aromatic nitrogens is 4. The molecule has 0 radical (unpaired) electrons. The van der Waals surface area contributed by atoms with Crippen LogP contribution in [0.25, 0.3) is 5.69 Å². The summed E-state index contributed by atoms with van der Waals surface area (Å²) in [7, 11) is 3.12. The largest absolute Gasteiger partial charge is 0.497 e. The highest BCUT2D eigenvalue weighted by Gasteiger charge is 2.26. The number of hydrogen-bond acceptors (Lipinski definition) is 8. The molecule has 1 aliphatic heterocycles. The van der Waals surface area contributed by atoms with E-state index < -0.39 is 0 Å². The zero-order chi connectivity index (χ0) is 23.9. The molecular formula is C23H27N7O4. The predicted molar refractivity (Wildman–Crippen MR) is 125 cm³/mol. The minimum absolute atomic E-state index is 0.0118. The van der Waals surface area contributed by atoms with Crippen LogP contribution in [0.5, 0.6) is 11.5 Å². The fraction of sp³-hybridized carbons (Fsp3) is 0.348. The first kappa shape index (κ1) is 23.2. The number of nitrogens with zero attached hydrogens (tertiary/aromatic N) is 5. The third-order valence-electron chi connectivity index (χ3n) is 5.76. The Morgan fingerprint density at radius 3 is 2.44 bits per heavy atom. The molecule has 11 heteroatoms. The number of hydrogen-bond donors (Lipinski definition) is 2. The molecule has 2 heterocycles. The van der Waals surface area contributed by atoms with Crippen LogP contribution in [0.4, 0.5) is 11.4 Å². The van der Waals surface area contributed by atoms with Crippen LogP contribution >= 0.6 is 0 Å². The van der Waals surface area contributed by atoms with E-state index in [-0.39, 0.29) is 24.3 Å². The first-order valence-electron chi connectivity index (χ1n) is 10.9. The van der Waals surface area contributed by atoms with Gasteiger partial charge in [0.15, 0.2) is 0 Å². The minimum atomic E-state index is -0.131. The van der Waals surface area contributed by atoms with Gasteiger partial charge in [-0.05, 0) is 72.8 Å². The van der Waals surface area contributed by atoms with Gasteiger partial charge in [-0.3, -0.25) is 14.5 Å². The summed E-state index contributed by atoms with van der Waals surface area (Å²) in [6, 6.07) is 12.6. The standard InChI is InChI=1S/C23H27N7O4/c1-33-19-7-8-20(21(13-19)34-2)26-22(31)14-29-11-9-16(10-12-29)23(32)25-17-3-5-18(6-4-17)30-15-24-27-28-30/h3-8,13,15-16H,9-12,14H2,1-2H3,(H,25,32)(H,26,31). The van der Waals surface area contributed by atoms with E-state index in [0.29, 0.717) is 43.1 Å². The van der Waals surface area contributed by atoms with E-state index >= 15 is 0 Å². The molecule has 1 aromatic heterocycles. The number of ether oxygens (including phenoxy) is 2. The van der Waals surface area contributed by atoms with Crippen molar-refractivity contribution < 1.29 is 19.1 Å². The van der Waals surface area contributed by atoms with Gasteiger partial charge in [-0.25, -0.2) is 4.68 Å². The van der Waals surface area contributed by atoms with Crippen LogP contribution in [0.3, 0.4) is 0 Å². The van der Waals surface area contributed by atoms with Crippen molar-refractivity contribution in [1.82, 2.24) is 25.1 Å². The van der Waals surface area contributed by atoms with Gasteiger partial charge in [-0.15, -0.1) is 5.10 Å². The summed E-state index contributed by atoms with van der Waals surface area (Å²) < 4.78 is 12.1. The third-order valence-corrected chi connectivity index (χ3v) is 5.76. The van der Waals surface area contributed by atoms with E-state index in [4.69, 9.17) is 9.47 Å². The SMILES string of the molecule is COc1ccc(NC(=O)CN2CCC(C(=O)Nc3ccc(-n4cnnn4)cc3)CC2)c(OC)c1. The van der Waals surface area contributed by atoms with Gasteiger partial charge in [0, 0.05) is 17.7 Å². The quantitative estimate of drug-likeness (QED) is 0.518. The fourth-order valence-corrected chi connectivity index (χ4v) is 3.87. The van der Waals surface area contributed by atoms with Crippen LogP contribution < -0.4 is 20.1 Å². The van der Waals surface area contributed by atoms with E-state index in [9.17, 15) is 9.59 Å². The fourth-order valence-electron chi connectivity index (χ4n) is 3.87. The number of carbonyl (C=O) groups is 2. The molecule has 2 aromatic carbocycles. The van der Waals surface area contributed by atoms with Crippen molar-refractivity contribution >= 4 is 23.2 Å². The van der Waals surface area contributed by atoms with Gasteiger partial charge in [-0.2, -0.15) is 0 Å². The minimum Gasteiger partial charge on any atom is -0.497 e. The van der Waals surface area contributed by atoms with E-state index in [1.165, 1.54) is 6.33 Å². The lowest BCUT2D eigenvalue weighted by atomic mass is 9.95. The molecule has 4 rings (SSSR count). The van der Waals surface area contributed by atoms with Crippen molar-refractivity contribution in [2.45, 2.75) is 12.8 Å². The zero-order valence-electron chi connectivity index (χ0n) is 19.1. The molecule has 2 amide bonds. The summed E-state index contributed by atoms with van der Waals surface area (Å²) in [5.41, 5.74) is 2.12. The number of anilines is 2. The summed E-state index contributed by atoms with van der Waals surface area (Å²) >= 11 is 0. The second-order valence-electron chi connectivity index (χ2n) is 7.96. The van der Waals surface area contributed by atoms with Crippen molar-refractivity contribution in [3.8, 4) is 17.2 Å². The molecule has 1 fully saturated rings. The topological polar surface area (TPSA) is 124 Å². The van der Waals surface area contributed by atoms with Gasteiger partial charge in [0.05, 0.1) is 32.1 Å². The van der Waals surface area contributed by atoms with Crippen LogP contribution in [-0.4, -0.2) is 70.8 Å². The lowest BCUT2D eigenvalue weighted by molar-refractivity contribution is -0.121. The van der Waals surface area contributed by atoms with Gasteiger partial charge < -0.3 is 20.1 Å².